The van der Waals surface area contributed by atoms with Crippen LogP contribution in [-0.2, 0) is 10.3 Å². The molecular weight excluding hydrogens is 522 g/mol. The number of nitriles is 1. The van der Waals surface area contributed by atoms with Gasteiger partial charge in [0.2, 0.25) is 0 Å². The molecule has 214 valence electrons. The summed E-state index contributed by atoms with van der Waals surface area (Å²) in [6, 6.07) is 16.3. The molecule has 3 aromatic rings. The highest BCUT2D eigenvalue weighted by atomic mass is 16.2. The lowest BCUT2D eigenvalue weighted by molar-refractivity contribution is -0.145. The second kappa shape index (κ2) is 10.5. The maximum Gasteiger partial charge on any atom is 0.263 e. The minimum absolute atomic E-state index is 0.0744. The van der Waals surface area contributed by atoms with Gasteiger partial charge in [-0.2, -0.15) is 5.26 Å². The van der Waals surface area contributed by atoms with E-state index in [0.717, 1.165) is 24.0 Å². The molecule has 1 saturated heterocycles. The Morgan fingerprint density at radius 1 is 1.00 bits per heavy atom. The fourth-order valence-corrected chi connectivity index (χ4v) is 8.16. The predicted octanol–water partition coefficient (Wildman–Crippen LogP) is 5.80. The number of hydrogen-bond donors (Lipinski definition) is 0. The van der Waals surface area contributed by atoms with Crippen LogP contribution in [0.15, 0.2) is 85.2 Å². The molecule has 0 radical (unpaired) electrons. The number of hydrogen-bond acceptors (Lipinski definition) is 6. The van der Waals surface area contributed by atoms with Gasteiger partial charge in [-0.25, -0.2) is 0 Å². The number of pyridine rings is 2. The second-order valence-corrected chi connectivity index (χ2v) is 12.6. The number of benzene rings is 1. The smallest absolute Gasteiger partial charge is 0.263 e. The normalized spacial score (nSPS) is 26.5. The number of fused-ring (bicyclic) bond motifs is 2. The van der Waals surface area contributed by atoms with E-state index in [2.05, 4.69) is 36.8 Å². The second-order valence-electron chi connectivity index (χ2n) is 12.6. The average molecular weight is 560 g/mol. The Balaban J connectivity index is 1.47. The summed E-state index contributed by atoms with van der Waals surface area (Å²) in [6.07, 6.45) is 11.9. The molecule has 7 heteroatoms. The Labute approximate surface area is 247 Å². The lowest BCUT2D eigenvalue weighted by atomic mass is 9.43. The third-order valence-corrected chi connectivity index (χ3v) is 10.6. The third-order valence-electron chi connectivity index (χ3n) is 10.6. The standard InChI is InChI=1S/C35H37N5O2/c1-5-29-25(18-28-19-30(29)34(28,2)3)22-40-32(20-31(41)24-8-6-23(21-36)7-9-24)39(4)35(33(40)42,26-10-14-37-15-11-26)27-12-16-38-17-13-27/h6-17,20,25,28-30H,5,18-19,22H2,1-4H3. The molecule has 7 nitrogen and oxygen atoms in total. The van der Waals surface area contributed by atoms with Crippen LogP contribution >= 0.6 is 0 Å². The van der Waals surface area contributed by atoms with Crippen LogP contribution in [0.5, 0.6) is 0 Å². The first-order valence-corrected chi connectivity index (χ1v) is 14.9. The van der Waals surface area contributed by atoms with Crippen molar-refractivity contribution in [2.75, 3.05) is 13.6 Å². The van der Waals surface area contributed by atoms with Gasteiger partial charge in [-0.15, -0.1) is 0 Å². The summed E-state index contributed by atoms with van der Waals surface area (Å²) in [6.45, 7) is 7.64. The molecule has 3 aliphatic carbocycles. The zero-order valence-corrected chi connectivity index (χ0v) is 24.7. The lowest BCUT2D eigenvalue weighted by Gasteiger charge is -2.63. The fraction of sp³-hybridized carbons (Fsp3) is 0.400. The van der Waals surface area contributed by atoms with Crippen LogP contribution in [-0.4, -0.2) is 45.1 Å². The molecule has 42 heavy (non-hydrogen) atoms. The maximum atomic E-state index is 15.0. The number of carbonyl (C=O) groups is 2. The Morgan fingerprint density at radius 3 is 2.12 bits per heavy atom. The molecule has 1 amide bonds. The van der Waals surface area contributed by atoms with Gasteiger partial charge in [0, 0.05) is 50.0 Å². The molecule has 2 aromatic heterocycles. The average Bonchev–Trinajstić information content (AvgIpc) is 3.23. The highest BCUT2D eigenvalue weighted by Gasteiger charge is 2.60. The first kappa shape index (κ1) is 27.8. The van der Waals surface area contributed by atoms with Crippen LogP contribution in [0.3, 0.4) is 0 Å². The summed E-state index contributed by atoms with van der Waals surface area (Å²) in [5.74, 6) is 2.48. The third kappa shape index (κ3) is 4.15. The van der Waals surface area contributed by atoms with Crippen LogP contribution in [0.4, 0.5) is 0 Å². The molecule has 2 bridgehead atoms. The van der Waals surface area contributed by atoms with Crippen molar-refractivity contribution in [1.82, 2.24) is 19.8 Å². The first-order valence-electron chi connectivity index (χ1n) is 14.9. The van der Waals surface area contributed by atoms with E-state index < -0.39 is 5.54 Å². The Morgan fingerprint density at radius 2 is 1.60 bits per heavy atom. The number of allylic oxidation sites excluding steroid dienone is 1. The van der Waals surface area contributed by atoms with Crippen molar-refractivity contribution < 1.29 is 9.59 Å². The van der Waals surface area contributed by atoms with Gasteiger partial charge >= 0.3 is 0 Å². The number of amides is 1. The van der Waals surface area contributed by atoms with E-state index in [4.69, 9.17) is 0 Å². The van der Waals surface area contributed by atoms with E-state index >= 15 is 0 Å². The molecule has 4 aliphatic rings. The van der Waals surface area contributed by atoms with Crippen LogP contribution < -0.4 is 0 Å². The summed E-state index contributed by atoms with van der Waals surface area (Å²) >= 11 is 0. The van der Waals surface area contributed by atoms with Gasteiger partial charge in [0.1, 0.15) is 5.82 Å². The topological polar surface area (TPSA) is 90.2 Å². The minimum Gasteiger partial charge on any atom is -0.339 e. The number of carbonyl (C=O) groups excluding carboxylic acids is 2. The number of rotatable bonds is 7. The van der Waals surface area contributed by atoms with Crippen LogP contribution in [0, 0.1) is 40.4 Å². The molecular formula is C35H37N5O2. The fourth-order valence-electron chi connectivity index (χ4n) is 8.16. The number of nitrogens with zero attached hydrogens (tertiary/aromatic N) is 5. The quantitative estimate of drug-likeness (QED) is 0.269. The van der Waals surface area contributed by atoms with Gasteiger partial charge in [0.05, 0.1) is 11.6 Å². The summed E-state index contributed by atoms with van der Waals surface area (Å²) in [4.78, 5) is 41.0. The number of likely N-dealkylation sites (N-methyl/N-ethyl adjacent to an activating group) is 1. The van der Waals surface area contributed by atoms with Crippen molar-refractivity contribution in [1.29, 1.82) is 5.26 Å². The van der Waals surface area contributed by atoms with E-state index in [1.165, 1.54) is 6.42 Å². The zero-order chi connectivity index (χ0) is 29.6. The molecule has 4 unspecified atom stereocenters. The number of ketones is 1. The first-order chi connectivity index (χ1) is 20.2. The van der Waals surface area contributed by atoms with Crippen molar-refractivity contribution >= 4 is 11.7 Å². The molecule has 3 saturated carbocycles. The molecule has 0 N–H and O–H groups in total. The SMILES string of the molecule is CCC1C(CN2C(=O)C(c3ccncc3)(c3ccncc3)N(C)C2=CC(=O)c2ccc(C#N)cc2)CC2CC1C2(C)C. The van der Waals surface area contributed by atoms with Gasteiger partial charge in [-0.3, -0.25) is 24.5 Å². The highest BCUT2D eigenvalue weighted by molar-refractivity contribution is 6.06. The van der Waals surface area contributed by atoms with Crippen molar-refractivity contribution in [3.05, 3.63) is 107 Å². The van der Waals surface area contributed by atoms with Gasteiger partial charge in [0.15, 0.2) is 11.3 Å². The van der Waals surface area contributed by atoms with Crippen molar-refractivity contribution in [3.8, 4) is 6.07 Å². The maximum absolute atomic E-state index is 15.0. The van der Waals surface area contributed by atoms with E-state index in [0.29, 0.717) is 52.6 Å². The van der Waals surface area contributed by atoms with E-state index in [-0.39, 0.29) is 11.7 Å². The largest absolute Gasteiger partial charge is 0.339 e. The summed E-state index contributed by atoms with van der Waals surface area (Å²) in [5.41, 5.74) is 1.70. The Bertz CT molecular complexity index is 1520. The minimum atomic E-state index is -1.18. The molecule has 0 spiro atoms. The molecule has 7 rings (SSSR count). The van der Waals surface area contributed by atoms with Gasteiger partial charge < -0.3 is 4.90 Å². The summed E-state index contributed by atoms with van der Waals surface area (Å²) < 4.78 is 0. The van der Waals surface area contributed by atoms with E-state index in [1.807, 2.05) is 41.1 Å². The molecule has 1 aliphatic heterocycles. The van der Waals surface area contributed by atoms with Crippen LogP contribution in [0.25, 0.3) is 0 Å². The number of aromatic nitrogens is 2. The van der Waals surface area contributed by atoms with Crippen LogP contribution in [0.1, 0.15) is 67.1 Å². The van der Waals surface area contributed by atoms with Gasteiger partial charge in [-0.05, 0) is 102 Å². The van der Waals surface area contributed by atoms with Gasteiger partial charge in [-0.1, -0.05) is 27.2 Å². The highest BCUT2D eigenvalue weighted by Crippen LogP contribution is 2.64. The van der Waals surface area contributed by atoms with Crippen LogP contribution in [0.2, 0.25) is 0 Å². The van der Waals surface area contributed by atoms with E-state index in [1.54, 1.807) is 55.1 Å². The Hall–Kier alpha value is -4.31. The monoisotopic (exact) mass is 559 g/mol. The Kier molecular flexibility index (Phi) is 6.97. The summed E-state index contributed by atoms with van der Waals surface area (Å²) in [7, 11) is 1.90. The lowest BCUT2D eigenvalue weighted by Crippen LogP contribution is -2.57. The molecule has 4 fully saturated rings. The predicted molar refractivity (Wildman–Crippen MR) is 160 cm³/mol. The molecule has 3 heterocycles. The van der Waals surface area contributed by atoms with E-state index in [9.17, 15) is 14.9 Å². The zero-order valence-electron chi connectivity index (χ0n) is 24.7. The molecule has 4 atom stereocenters. The van der Waals surface area contributed by atoms with Crippen molar-refractivity contribution in [2.45, 2.75) is 45.6 Å². The van der Waals surface area contributed by atoms with Gasteiger partial charge in [0.25, 0.3) is 5.91 Å². The van der Waals surface area contributed by atoms with Crippen molar-refractivity contribution in [2.24, 2.45) is 29.1 Å². The molecule has 1 aromatic carbocycles. The summed E-state index contributed by atoms with van der Waals surface area (Å²) in [5, 5.41) is 9.21. The van der Waals surface area contributed by atoms with Crippen molar-refractivity contribution in [3.63, 3.8) is 0 Å².